The van der Waals surface area contributed by atoms with Crippen LogP contribution in [0.25, 0.3) is 0 Å². The van der Waals surface area contributed by atoms with Gasteiger partial charge in [-0.1, -0.05) is 45.5 Å². The van der Waals surface area contributed by atoms with Gasteiger partial charge in [-0.05, 0) is 49.7 Å². The van der Waals surface area contributed by atoms with Crippen molar-refractivity contribution in [3.8, 4) is 0 Å². The molecule has 0 atom stereocenters. The largest absolute Gasteiger partial charge is 0.321 e. The van der Waals surface area contributed by atoms with Crippen LogP contribution in [0.1, 0.15) is 20.9 Å². The summed E-state index contributed by atoms with van der Waals surface area (Å²) in [6, 6.07) is 13.5. The summed E-state index contributed by atoms with van der Waals surface area (Å²) >= 11 is 4.38. The molecule has 0 spiro atoms. The van der Waals surface area contributed by atoms with Crippen LogP contribution >= 0.6 is 27.3 Å². The average molecular weight is 466 g/mol. The maximum absolute atomic E-state index is 12.6. The Morgan fingerprint density at radius 1 is 1.11 bits per heavy atom. The van der Waals surface area contributed by atoms with E-state index in [4.69, 9.17) is 0 Å². The molecule has 27 heavy (non-hydrogen) atoms. The lowest BCUT2D eigenvalue weighted by molar-refractivity contribution is 0.102. The molecular formula is C18H16BrN3O3S2. The smallest absolute Gasteiger partial charge is 0.267 e. The van der Waals surface area contributed by atoms with Crippen molar-refractivity contribution in [3.05, 3.63) is 69.1 Å². The third-order valence-corrected chi connectivity index (χ3v) is 6.76. The minimum atomic E-state index is -3.75. The molecule has 2 aromatic carbocycles. The summed E-state index contributed by atoms with van der Waals surface area (Å²) < 4.78 is 28.2. The molecule has 3 aromatic rings. The van der Waals surface area contributed by atoms with Gasteiger partial charge in [0.1, 0.15) is 4.88 Å². The van der Waals surface area contributed by atoms with Gasteiger partial charge in [-0.3, -0.25) is 9.52 Å². The second-order valence-corrected chi connectivity index (χ2v) is 9.36. The summed E-state index contributed by atoms with van der Waals surface area (Å²) in [6.07, 6.45) is 0. The fourth-order valence-electron chi connectivity index (χ4n) is 2.37. The molecule has 1 heterocycles. The molecule has 0 unspecified atom stereocenters. The van der Waals surface area contributed by atoms with Gasteiger partial charge in [0, 0.05) is 10.2 Å². The molecule has 0 saturated carbocycles. The van der Waals surface area contributed by atoms with E-state index in [-0.39, 0.29) is 15.9 Å². The first-order valence-electron chi connectivity index (χ1n) is 7.89. The molecule has 0 saturated heterocycles. The fourth-order valence-corrected chi connectivity index (χ4v) is 4.96. The molecule has 9 heteroatoms. The highest BCUT2D eigenvalue weighted by atomic mass is 79.9. The van der Waals surface area contributed by atoms with Gasteiger partial charge in [-0.15, -0.1) is 0 Å². The number of anilines is 2. The number of aromatic nitrogens is 1. The maximum atomic E-state index is 12.6. The molecule has 6 nitrogen and oxygen atoms in total. The van der Waals surface area contributed by atoms with Crippen LogP contribution in [-0.2, 0) is 10.0 Å². The van der Waals surface area contributed by atoms with Crippen LogP contribution in [0, 0.1) is 13.8 Å². The lowest BCUT2D eigenvalue weighted by Crippen LogP contribution is -2.12. The van der Waals surface area contributed by atoms with E-state index in [1.54, 1.807) is 31.2 Å². The molecule has 0 bridgehead atoms. The van der Waals surface area contributed by atoms with Gasteiger partial charge in [0.25, 0.3) is 15.9 Å². The van der Waals surface area contributed by atoms with Gasteiger partial charge in [0.05, 0.1) is 10.6 Å². The molecule has 140 valence electrons. The van der Waals surface area contributed by atoms with E-state index in [1.807, 2.05) is 19.1 Å². The number of aryl methyl sites for hydroxylation is 2. The number of carbonyl (C=O) groups is 1. The molecule has 0 aliphatic heterocycles. The Morgan fingerprint density at radius 2 is 1.81 bits per heavy atom. The van der Waals surface area contributed by atoms with E-state index < -0.39 is 10.0 Å². The third kappa shape index (κ3) is 4.55. The lowest BCUT2D eigenvalue weighted by Gasteiger charge is -2.08. The first kappa shape index (κ1) is 19.5. The Labute approximate surface area is 169 Å². The van der Waals surface area contributed by atoms with Gasteiger partial charge in [0.15, 0.2) is 5.13 Å². The van der Waals surface area contributed by atoms with Crippen molar-refractivity contribution in [3.63, 3.8) is 0 Å². The van der Waals surface area contributed by atoms with Crippen molar-refractivity contribution in [1.82, 2.24) is 4.98 Å². The van der Waals surface area contributed by atoms with Crippen molar-refractivity contribution < 1.29 is 13.2 Å². The topological polar surface area (TPSA) is 88.2 Å². The highest BCUT2D eigenvalue weighted by Crippen LogP contribution is 2.27. The van der Waals surface area contributed by atoms with Gasteiger partial charge in [-0.2, -0.15) is 0 Å². The minimum Gasteiger partial charge on any atom is -0.321 e. The van der Waals surface area contributed by atoms with Crippen LogP contribution < -0.4 is 10.0 Å². The number of hydrogen-bond acceptors (Lipinski definition) is 5. The van der Waals surface area contributed by atoms with Crippen LogP contribution in [0.4, 0.5) is 10.8 Å². The second kappa shape index (κ2) is 7.79. The first-order valence-corrected chi connectivity index (χ1v) is 11.0. The van der Waals surface area contributed by atoms with E-state index in [0.717, 1.165) is 21.4 Å². The molecular weight excluding hydrogens is 450 g/mol. The first-order chi connectivity index (χ1) is 12.8. The summed E-state index contributed by atoms with van der Waals surface area (Å²) in [7, 11) is -3.75. The monoisotopic (exact) mass is 465 g/mol. The van der Waals surface area contributed by atoms with Gasteiger partial charge < -0.3 is 5.32 Å². The molecule has 0 radical (unpaired) electrons. The molecule has 0 aliphatic rings. The number of nitrogens with zero attached hydrogens (tertiary/aromatic N) is 1. The van der Waals surface area contributed by atoms with E-state index in [2.05, 4.69) is 31.0 Å². The van der Waals surface area contributed by atoms with Crippen LogP contribution in [-0.4, -0.2) is 19.3 Å². The van der Waals surface area contributed by atoms with Gasteiger partial charge >= 0.3 is 0 Å². The Morgan fingerprint density at radius 3 is 2.48 bits per heavy atom. The number of rotatable bonds is 5. The van der Waals surface area contributed by atoms with E-state index in [0.29, 0.717) is 16.3 Å². The number of benzene rings is 2. The van der Waals surface area contributed by atoms with E-state index in [9.17, 15) is 13.2 Å². The molecule has 3 rings (SSSR count). The normalized spacial score (nSPS) is 11.2. The van der Waals surface area contributed by atoms with Crippen molar-refractivity contribution >= 4 is 54.0 Å². The van der Waals surface area contributed by atoms with E-state index >= 15 is 0 Å². The van der Waals surface area contributed by atoms with E-state index in [1.165, 1.54) is 12.1 Å². The zero-order valence-electron chi connectivity index (χ0n) is 14.5. The van der Waals surface area contributed by atoms with Crippen molar-refractivity contribution in [2.24, 2.45) is 0 Å². The van der Waals surface area contributed by atoms with Gasteiger partial charge in [0.2, 0.25) is 0 Å². The fraction of sp³-hybridized carbons (Fsp3) is 0.111. The number of hydrogen-bond donors (Lipinski definition) is 2. The number of carbonyl (C=O) groups excluding carboxylic acids is 1. The Bertz CT molecular complexity index is 1100. The third-order valence-electron chi connectivity index (χ3n) is 3.71. The molecule has 0 fully saturated rings. The molecule has 1 amide bonds. The minimum absolute atomic E-state index is 0.134. The maximum Gasteiger partial charge on any atom is 0.267 e. The van der Waals surface area contributed by atoms with Crippen LogP contribution in [0.15, 0.2) is 57.9 Å². The predicted octanol–water partition coefficient (Wildman–Crippen LogP) is 4.58. The number of sulfonamides is 1. The predicted molar refractivity (Wildman–Crippen MR) is 111 cm³/mol. The standard InChI is InChI=1S/C18H16BrN3O3S2/c1-11-10-13(19)8-9-15(11)21-17(23)16-12(2)20-18(26-16)22-27(24,25)14-6-4-3-5-7-14/h3-10H,1-2H3,(H,20,22)(H,21,23). The van der Waals surface area contributed by atoms with Crippen LogP contribution in [0.2, 0.25) is 0 Å². The highest BCUT2D eigenvalue weighted by Gasteiger charge is 2.20. The van der Waals surface area contributed by atoms with Crippen LogP contribution in [0.5, 0.6) is 0 Å². The van der Waals surface area contributed by atoms with Crippen molar-refractivity contribution in [2.75, 3.05) is 10.0 Å². The quantitative estimate of drug-likeness (QED) is 0.577. The average Bonchev–Trinajstić information content (AvgIpc) is 2.98. The zero-order chi connectivity index (χ0) is 19.6. The summed E-state index contributed by atoms with van der Waals surface area (Å²) in [6.45, 7) is 3.56. The Kier molecular flexibility index (Phi) is 5.64. The van der Waals surface area contributed by atoms with Crippen molar-refractivity contribution in [2.45, 2.75) is 18.7 Å². The van der Waals surface area contributed by atoms with Gasteiger partial charge in [-0.25, -0.2) is 13.4 Å². The summed E-state index contributed by atoms with van der Waals surface area (Å²) in [5, 5.41) is 2.98. The highest BCUT2D eigenvalue weighted by molar-refractivity contribution is 9.10. The summed E-state index contributed by atoms with van der Waals surface area (Å²) in [4.78, 5) is 17.3. The number of nitrogens with one attached hydrogen (secondary N) is 2. The summed E-state index contributed by atoms with van der Waals surface area (Å²) in [5.41, 5.74) is 2.05. The molecule has 2 N–H and O–H groups in total. The summed E-state index contributed by atoms with van der Waals surface area (Å²) in [5.74, 6) is -0.333. The zero-order valence-corrected chi connectivity index (χ0v) is 17.7. The molecule has 0 aliphatic carbocycles. The number of amides is 1. The van der Waals surface area contributed by atoms with Crippen molar-refractivity contribution in [1.29, 1.82) is 0 Å². The second-order valence-electron chi connectivity index (χ2n) is 5.77. The lowest BCUT2D eigenvalue weighted by atomic mass is 10.2. The van der Waals surface area contributed by atoms with Crippen LogP contribution in [0.3, 0.4) is 0 Å². The Balaban J connectivity index is 1.81. The SMILES string of the molecule is Cc1cc(Br)ccc1NC(=O)c1sc(NS(=O)(=O)c2ccccc2)nc1C. The number of halogens is 1. The Hall–Kier alpha value is -2.23. The number of thiazole rings is 1. The molecule has 1 aromatic heterocycles.